The number of nitrogens with one attached hydrogen (secondary N) is 1. The van der Waals surface area contributed by atoms with Gasteiger partial charge >= 0.3 is 0 Å². The fraction of sp³-hybridized carbons (Fsp3) is 0.333. The Labute approximate surface area is 144 Å². The monoisotopic (exact) mass is 337 g/mol. The SMILES string of the molecule is O=C(N[C@@H]1CC(Cn2cccn2)C[C@H]1O)c1cnc2cnccc2c1. The van der Waals surface area contributed by atoms with Crippen molar-refractivity contribution in [3.8, 4) is 0 Å². The summed E-state index contributed by atoms with van der Waals surface area (Å²) >= 11 is 0. The van der Waals surface area contributed by atoms with Crippen LogP contribution < -0.4 is 5.32 Å². The van der Waals surface area contributed by atoms with E-state index in [1.165, 1.54) is 0 Å². The zero-order chi connectivity index (χ0) is 17.2. The molecule has 0 radical (unpaired) electrons. The van der Waals surface area contributed by atoms with Gasteiger partial charge in [0, 0.05) is 36.7 Å². The lowest BCUT2D eigenvalue weighted by atomic mass is 10.1. The zero-order valence-corrected chi connectivity index (χ0v) is 13.6. The number of hydrogen-bond donors (Lipinski definition) is 2. The maximum Gasteiger partial charge on any atom is 0.253 e. The van der Waals surface area contributed by atoms with Crippen molar-refractivity contribution < 1.29 is 9.90 Å². The lowest BCUT2D eigenvalue weighted by Crippen LogP contribution is -2.40. The van der Waals surface area contributed by atoms with Gasteiger partial charge in [-0.1, -0.05) is 0 Å². The number of nitrogens with zero attached hydrogens (tertiary/aromatic N) is 4. The Kier molecular flexibility index (Phi) is 4.15. The Balaban J connectivity index is 1.42. The van der Waals surface area contributed by atoms with Crippen molar-refractivity contribution >= 4 is 16.8 Å². The molecule has 4 rings (SSSR count). The first kappa shape index (κ1) is 15.7. The van der Waals surface area contributed by atoms with Crippen molar-refractivity contribution in [2.24, 2.45) is 5.92 Å². The highest BCUT2D eigenvalue weighted by atomic mass is 16.3. The highest BCUT2D eigenvalue weighted by Gasteiger charge is 2.34. The molecule has 0 aromatic carbocycles. The third-order valence-corrected chi connectivity index (χ3v) is 4.70. The second kappa shape index (κ2) is 6.60. The lowest BCUT2D eigenvalue weighted by Gasteiger charge is -2.16. The van der Waals surface area contributed by atoms with E-state index in [-0.39, 0.29) is 11.9 Å². The third kappa shape index (κ3) is 3.36. The molecule has 1 amide bonds. The molecule has 1 fully saturated rings. The molecule has 1 saturated carbocycles. The minimum atomic E-state index is -0.540. The zero-order valence-electron chi connectivity index (χ0n) is 13.6. The molecule has 3 aromatic heterocycles. The summed E-state index contributed by atoms with van der Waals surface area (Å²) in [7, 11) is 0. The van der Waals surface area contributed by atoms with Crippen LogP contribution in [0.4, 0.5) is 0 Å². The smallest absolute Gasteiger partial charge is 0.253 e. The molecule has 1 aliphatic rings. The van der Waals surface area contributed by atoms with Crippen molar-refractivity contribution in [2.45, 2.75) is 31.5 Å². The average Bonchev–Trinajstić information content (AvgIpc) is 3.25. The van der Waals surface area contributed by atoms with Crippen molar-refractivity contribution in [3.63, 3.8) is 0 Å². The minimum Gasteiger partial charge on any atom is -0.391 e. The summed E-state index contributed by atoms with van der Waals surface area (Å²) in [6, 6.07) is 5.25. The fourth-order valence-corrected chi connectivity index (χ4v) is 3.44. The first-order valence-electron chi connectivity index (χ1n) is 8.35. The van der Waals surface area contributed by atoms with Crippen LogP contribution in [0, 0.1) is 5.92 Å². The van der Waals surface area contributed by atoms with Gasteiger partial charge in [0.2, 0.25) is 0 Å². The predicted octanol–water partition coefficient (Wildman–Crippen LogP) is 1.40. The summed E-state index contributed by atoms with van der Waals surface area (Å²) in [5, 5.41) is 18.3. The van der Waals surface area contributed by atoms with Gasteiger partial charge in [0.1, 0.15) is 0 Å². The molecule has 3 atom stereocenters. The molecule has 0 spiro atoms. The highest BCUT2D eigenvalue weighted by Crippen LogP contribution is 2.27. The number of aliphatic hydroxyl groups excluding tert-OH is 1. The van der Waals surface area contributed by atoms with E-state index in [4.69, 9.17) is 0 Å². The van der Waals surface area contributed by atoms with Crippen LogP contribution in [0.25, 0.3) is 10.9 Å². The van der Waals surface area contributed by atoms with Crippen LogP contribution in [0.5, 0.6) is 0 Å². The van der Waals surface area contributed by atoms with Gasteiger partial charge in [-0.25, -0.2) is 0 Å². The largest absolute Gasteiger partial charge is 0.391 e. The number of aromatic nitrogens is 4. The Hall–Kier alpha value is -2.80. The van der Waals surface area contributed by atoms with Crippen LogP contribution in [0.3, 0.4) is 0 Å². The molecular formula is C18H19N5O2. The molecule has 3 heterocycles. The quantitative estimate of drug-likeness (QED) is 0.750. The van der Waals surface area contributed by atoms with Gasteiger partial charge < -0.3 is 10.4 Å². The fourth-order valence-electron chi connectivity index (χ4n) is 3.44. The summed E-state index contributed by atoms with van der Waals surface area (Å²) in [5.74, 6) is 0.0796. The van der Waals surface area contributed by atoms with Crippen molar-refractivity contribution in [3.05, 3.63) is 54.7 Å². The van der Waals surface area contributed by atoms with E-state index in [2.05, 4.69) is 20.4 Å². The Morgan fingerprint density at radius 1 is 1.32 bits per heavy atom. The minimum absolute atomic E-state index is 0.213. The highest BCUT2D eigenvalue weighted by molar-refractivity contribution is 5.97. The van der Waals surface area contributed by atoms with Gasteiger partial charge in [0.15, 0.2) is 0 Å². The van der Waals surface area contributed by atoms with E-state index in [0.29, 0.717) is 17.9 Å². The number of hydrogen-bond acceptors (Lipinski definition) is 5. The topological polar surface area (TPSA) is 92.9 Å². The molecule has 7 heteroatoms. The molecule has 7 nitrogen and oxygen atoms in total. The summed E-state index contributed by atoms with van der Waals surface area (Å²) in [4.78, 5) is 20.8. The van der Waals surface area contributed by atoms with Gasteiger partial charge in [-0.2, -0.15) is 5.10 Å². The number of pyridine rings is 2. The summed E-state index contributed by atoms with van der Waals surface area (Å²) < 4.78 is 1.86. The Morgan fingerprint density at radius 3 is 3.08 bits per heavy atom. The van der Waals surface area contributed by atoms with E-state index >= 15 is 0 Å². The summed E-state index contributed by atoms with van der Waals surface area (Å²) in [6.45, 7) is 0.751. The molecule has 0 bridgehead atoms. The molecule has 1 unspecified atom stereocenters. The van der Waals surface area contributed by atoms with Crippen LogP contribution >= 0.6 is 0 Å². The van der Waals surface area contributed by atoms with Crippen LogP contribution in [0.1, 0.15) is 23.2 Å². The van der Waals surface area contributed by atoms with E-state index in [1.54, 1.807) is 30.9 Å². The molecule has 0 aliphatic heterocycles. The van der Waals surface area contributed by atoms with Gasteiger partial charge in [-0.15, -0.1) is 0 Å². The average molecular weight is 337 g/mol. The second-order valence-corrected chi connectivity index (χ2v) is 6.51. The van der Waals surface area contributed by atoms with Crippen LogP contribution in [0.2, 0.25) is 0 Å². The second-order valence-electron chi connectivity index (χ2n) is 6.51. The number of carbonyl (C=O) groups excluding carboxylic acids is 1. The van der Waals surface area contributed by atoms with Crippen LogP contribution in [-0.4, -0.2) is 42.9 Å². The Bertz CT molecular complexity index is 880. The van der Waals surface area contributed by atoms with Crippen LogP contribution in [-0.2, 0) is 6.54 Å². The van der Waals surface area contributed by atoms with Crippen molar-refractivity contribution in [1.82, 2.24) is 25.1 Å². The first-order chi connectivity index (χ1) is 12.2. The Morgan fingerprint density at radius 2 is 2.24 bits per heavy atom. The van der Waals surface area contributed by atoms with Gasteiger partial charge in [-0.3, -0.25) is 19.4 Å². The van der Waals surface area contributed by atoms with E-state index in [1.807, 2.05) is 23.0 Å². The van der Waals surface area contributed by atoms with Crippen LogP contribution in [0.15, 0.2) is 49.2 Å². The van der Waals surface area contributed by atoms with Gasteiger partial charge in [-0.05, 0) is 37.0 Å². The van der Waals surface area contributed by atoms with E-state index < -0.39 is 6.10 Å². The molecule has 25 heavy (non-hydrogen) atoms. The predicted molar refractivity (Wildman–Crippen MR) is 91.8 cm³/mol. The van der Waals surface area contributed by atoms with Gasteiger partial charge in [0.25, 0.3) is 5.91 Å². The lowest BCUT2D eigenvalue weighted by molar-refractivity contribution is 0.0872. The molecule has 0 saturated heterocycles. The number of rotatable bonds is 4. The molecule has 2 N–H and O–H groups in total. The van der Waals surface area contributed by atoms with E-state index in [0.717, 1.165) is 23.9 Å². The van der Waals surface area contributed by atoms with E-state index in [9.17, 15) is 9.90 Å². The standard InChI is InChI=1S/C18H19N5O2/c24-17-7-12(11-23-5-1-3-21-23)6-15(17)22-18(25)14-8-13-2-4-19-10-16(13)20-9-14/h1-5,8-10,12,15,17,24H,6-7,11H2,(H,22,25)/t12?,15-,17-/m1/s1. The number of carbonyl (C=O) groups is 1. The van der Waals surface area contributed by atoms with Crippen molar-refractivity contribution in [2.75, 3.05) is 0 Å². The maximum absolute atomic E-state index is 12.5. The molecule has 1 aliphatic carbocycles. The third-order valence-electron chi connectivity index (χ3n) is 4.70. The number of amides is 1. The molecule has 128 valence electrons. The van der Waals surface area contributed by atoms with Crippen molar-refractivity contribution in [1.29, 1.82) is 0 Å². The van der Waals surface area contributed by atoms with Gasteiger partial charge in [0.05, 0.1) is 29.4 Å². The normalized spacial score (nSPS) is 23.0. The first-order valence-corrected chi connectivity index (χ1v) is 8.35. The summed E-state index contributed by atoms with van der Waals surface area (Å²) in [5.41, 5.74) is 1.24. The number of fused-ring (bicyclic) bond motifs is 1. The molecule has 3 aromatic rings. The maximum atomic E-state index is 12.5. The molecular weight excluding hydrogens is 318 g/mol. The summed E-state index contributed by atoms with van der Waals surface area (Å²) in [6.07, 6.45) is 9.39. The number of aliphatic hydroxyl groups is 1.